The lowest BCUT2D eigenvalue weighted by atomic mass is 9.91. The molecule has 4 heterocycles. The minimum atomic E-state index is -0.294. The van der Waals surface area contributed by atoms with Crippen LogP contribution < -0.4 is 0 Å². The summed E-state index contributed by atoms with van der Waals surface area (Å²) in [5.74, 6) is 0.251. The average Bonchev–Trinajstić information content (AvgIpc) is 3.38. The molecule has 1 amide bonds. The number of carbonyl (C=O) groups is 1. The van der Waals surface area contributed by atoms with Gasteiger partial charge in [0.15, 0.2) is 5.58 Å². The number of hydrogen-bond acceptors (Lipinski definition) is 4. The van der Waals surface area contributed by atoms with Crippen molar-refractivity contribution >= 4 is 16.9 Å². The molecule has 7 heteroatoms. The number of rotatable bonds is 6. The lowest BCUT2D eigenvalue weighted by Gasteiger charge is -2.31. The standard InChI is InChI=1S/C25H31FN4O2/c1-2-28-16-19-5-3-11-30(25(31)22(19)17-28)12-4-10-29-13-8-18(9-14-29)24-21-7-6-20(26)15-23(21)32-27-24/h6-7,15-18H,2-5,8-14H2,1H3. The molecule has 170 valence electrons. The molecule has 1 aromatic carbocycles. The van der Waals surface area contributed by atoms with Crippen molar-refractivity contribution < 1.29 is 13.7 Å². The van der Waals surface area contributed by atoms with Crippen LogP contribution in [0.25, 0.3) is 11.0 Å². The van der Waals surface area contributed by atoms with Gasteiger partial charge < -0.3 is 18.9 Å². The average molecular weight is 439 g/mol. The second-order valence-electron chi connectivity index (χ2n) is 9.10. The first-order valence-corrected chi connectivity index (χ1v) is 11.9. The maximum Gasteiger partial charge on any atom is 0.255 e. The molecule has 3 aromatic rings. The SMILES string of the molecule is CCn1cc2c(c1)C(=O)N(CCCN1CCC(c3noc4cc(F)ccc34)CC1)CCC2. The van der Waals surface area contributed by atoms with E-state index in [9.17, 15) is 9.18 Å². The molecular weight excluding hydrogens is 407 g/mol. The monoisotopic (exact) mass is 438 g/mol. The third kappa shape index (κ3) is 4.18. The fraction of sp³-hybridized carbons (Fsp3) is 0.520. The summed E-state index contributed by atoms with van der Waals surface area (Å²) < 4.78 is 20.9. The van der Waals surface area contributed by atoms with Gasteiger partial charge in [-0.15, -0.1) is 0 Å². The maximum atomic E-state index is 13.4. The van der Waals surface area contributed by atoms with E-state index in [-0.39, 0.29) is 11.7 Å². The Kier molecular flexibility index (Phi) is 6.00. The molecule has 0 atom stereocenters. The smallest absolute Gasteiger partial charge is 0.255 e. The van der Waals surface area contributed by atoms with E-state index in [4.69, 9.17) is 4.52 Å². The Morgan fingerprint density at radius 1 is 1.16 bits per heavy atom. The molecule has 0 saturated carbocycles. The molecule has 0 radical (unpaired) electrons. The Morgan fingerprint density at radius 2 is 2.00 bits per heavy atom. The zero-order valence-corrected chi connectivity index (χ0v) is 18.7. The van der Waals surface area contributed by atoms with E-state index in [0.717, 1.165) is 88.0 Å². The lowest BCUT2D eigenvalue weighted by molar-refractivity contribution is 0.0750. The second-order valence-corrected chi connectivity index (χ2v) is 9.10. The quantitative estimate of drug-likeness (QED) is 0.571. The Morgan fingerprint density at radius 3 is 2.81 bits per heavy atom. The minimum Gasteiger partial charge on any atom is -0.356 e. The highest BCUT2D eigenvalue weighted by atomic mass is 19.1. The molecule has 2 aromatic heterocycles. The van der Waals surface area contributed by atoms with E-state index in [1.54, 1.807) is 6.07 Å². The number of piperidine rings is 1. The summed E-state index contributed by atoms with van der Waals surface area (Å²) >= 11 is 0. The Balaban J connectivity index is 1.12. The van der Waals surface area contributed by atoms with Crippen molar-refractivity contribution in [1.29, 1.82) is 0 Å². The van der Waals surface area contributed by atoms with Crippen molar-refractivity contribution in [2.45, 2.75) is 51.5 Å². The van der Waals surface area contributed by atoms with Crippen LogP contribution in [0.4, 0.5) is 4.39 Å². The summed E-state index contributed by atoms with van der Waals surface area (Å²) in [5.41, 5.74) is 3.58. The van der Waals surface area contributed by atoms with Gasteiger partial charge in [0.1, 0.15) is 5.82 Å². The summed E-state index contributed by atoms with van der Waals surface area (Å²) in [6, 6.07) is 4.66. The van der Waals surface area contributed by atoms with Gasteiger partial charge in [0.25, 0.3) is 5.91 Å². The van der Waals surface area contributed by atoms with Gasteiger partial charge in [0.2, 0.25) is 0 Å². The second kappa shape index (κ2) is 9.06. The van der Waals surface area contributed by atoms with Gasteiger partial charge in [-0.3, -0.25) is 4.79 Å². The van der Waals surface area contributed by atoms with E-state index in [1.807, 2.05) is 11.1 Å². The number of nitrogens with zero attached hydrogens (tertiary/aromatic N) is 4. The van der Waals surface area contributed by atoms with Crippen LogP contribution in [-0.4, -0.2) is 58.2 Å². The normalized spacial score (nSPS) is 18.3. The molecule has 1 saturated heterocycles. The molecule has 0 aliphatic carbocycles. The van der Waals surface area contributed by atoms with E-state index in [2.05, 4.69) is 27.7 Å². The van der Waals surface area contributed by atoms with Gasteiger partial charge in [-0.05, 0) is 76.4 Å². The van der Waals surface area contributed by atoms with Gasteiger partial charge >= 0.3 is 0 Å². The summed E-state index contributed by atoms with van der Waals surface area (Å²) in [6.07, 6.45) is 9.21. The maximum absolute atomic E-state index is 13.4. The molecule has 32 heavy (non-hydrogen) atoms. The van der Waals surface area contributed by atoms with Crippen LogP contribution in [0.5, 0.6) is 0 Å². The van der Waals surface area contributed by atoms with E-state index < -0.39 is 0 Å². The van der Waals surface area contributed by atoms with Crippen LogP contribution >= 0.6 is 0 Å². The minimum absolute atomic E-state index is 0.192. The molecule has 5 rings (SSSR count). The lowest BCUT2D eigenvalue weighted by Crippen LogP contribution is -2.37. The molecule has 1 fully saturated rings. The number of halogens is 1. The summed E-state index contributed by atoms with van der Waals surface area (Å²) in [4.78, 5) is 17.5. The van der Waals surface area contributed by atoms with E-state index in [1.165, 1.54) is 17.7 Å². The fourth-order valence-electron chi connectivity index (χ4n) is 5.22. The largest absolute Gasteiger partial charge is 0.356 e. The number of aromatic nitrogens is 2. The zero-order valence-electron chi connectivity index (χ0n) is 18.7. The van der Waals surface area contributed by atoms with Crippen molar-refractivity contribution in [2.24, 2.45) is 0 Å². The molecular formula is C25H31FN4O2. The number of hydrogen-bond donors (Lipinski definition) is 0. The highest BCUT2D eigenvalue weighted by Crippen LogP contribution is 2.32. The van der Waals surface area contributed by atoms with Crippen molar-refractivity contribution in [2.75, 3.05) is 32.7 Å². The van der Waals surface area contributed by atoms with Crippen LogP contribution in [0, 0.1) is 5.82 Å². The predicted molar refractivity (Wildman–Crippen MR) is 121 cm³/mol. The van der Waals surface area contributed by atoms with Crippen molar-refractivity contribution in [3.8, 4) is 0 Å². The molecule has 2 aliphatic heterocycles. The molecule has 0 N–H and O–H groups in total. The van der Waals surface area contributed by atoms with Gasteiger partial charge in [0, 0.05) is 49.4 Å². The number of fused-ring (bicyclic) bond motifs is 2. The number of carbonyl (C=O) groups excluding carboxylic acids is 1. The number of aryl methyl sites for hydroxylation is 2. The van der Waals surface area contributed by atoms with Gasteiger partial charge in [0.05, 0.1) is 11.3 Å². The first-order valence-electron chi connectivity index (χ1n) is 11.9. The highest BCUT2D eigenvalue weighted by molar-refractivity contribution is 5.96. The first kappa shape index (κ1) is 21.2. The van der Waals surface area contributed by atoms with Gasteiger partial charge in [-0.1, -0.05) is 5.16 Å². The van der Waals surface area contributed by atoms with Crippen LogP contribution in [0.3, 0.4) is 0 Å². The van der Waals surface area contributed by atoms with Crippen LogP contribution in [-0.2, 0) is 13.0 Å². The topological polar surface area (TPSA) is 54.5 Å². The van der Waals surface area contributed by atoms with E-state index >= 15 is 0 Å². The van der Waals surface area contributed by atoms with Crippen molar-refractivity contribution in [3.05, 3.63) is 53.2 Å². The molecule has 0 unspecified atom stereocenters. The predicted octanol–water partition coefficient (Wildman–Crippen LogP) is 4.45. The third-order valence-corrected chi connectivity index (χ3v) is 7.06. The first-order chi connectivity index (χ1) is 15.6. The fourth-order valence-corrected chi connectivity index (χ4v) is 5.22. The number of benzene rings is 1. The Labute approximate surface area is 187 Å². The Bertz CT molecular complexity index is 1100. The highest BCUT2D eigenvalue weighted by Gasteiger charge is 2.26. The van der Waals surface area contributed by atoms with Crippen molar-refractivity contribution in [3.63, 3.8) is 0 Å². The van der Waals surface area contributed by atoms with Crippen LogP contribution in [0.15, 0.2) is 35.1 Å². The summed E-state index contributed by atoms with van der Waals surface area (Å²) in [7, 11) is 0. The zero-order chi connectivity index (χ0) is 22.1. The van der Waals surface area contributed by atoms with Gasteiger partial charge in [-0.2, -0.15) is 0 Å². The molecule has 0 spiro atoms. The van der Waals surface area contributed by atoms with Crippen LogP contribution in [0.2, 0.25) is 0 Å². The van der Waals surface area contributed by atoms with Crippen molar-refractivity contribution in [1.82, 2.24) is 19.5 Å². The van der Waals surface area contributed by atoms with Gasteiger partial charge in [-0.25, -0.2) is 4.39 Å². The van der Waals surface area contributed by atoms with E-state index in [0.29, 0.717) is 11.5 Å². The number of likely N-dealkylation sites (tertiary alicyclic amines) is 1. The third-order valence-electron chi connectivity index (χ3n) is 7.06. The number of amides is 1. The molecule has 0 bridgehead atoms. The summed E-state index contributed by atoms with van der Waals surface area (Å²) in [6.45, 7) is 7.70. The summed E-state index contributed by atoms with van der Waals surface area (Å²) in [5, 5.41) is 5.18. The molecule has 6 nitrogen and oxygen atoms in total. The Hall–Kier alpha value is -2.67. The van der Waals surface area contributed by atoms with Crippen LogP contribution in [0.1, 0.15) is 60.1 Å². The molecule has 2 aliphatic rings.